The van der Waals surface area contributed by atoms with Crippen molar-refractivity contribution >= 4 is 50.7 Å². The molecule has 140 valence electrons. The topological polar surface area (TPSA) is 95.1 Å². The molecule has 0 unspecified atom stereocenters. The first-order valence-corrected chi connectivity index (χ1v) is 9.71. The molecule has 2 heterocycles. The quantitative estimate of drug-likeness (QED) is 0.684. The van der Waals surface area contributed by atoms with Crippen molar-refractivity contribution in [3.63, 3.8) is 0 Å². The summed E-state index contributed by atoms with van der Waals surface area (Å²) in [6.07, 6.45) is 3.06. The SMILES string of the molecule is CN1C(=O)/C(=C/c2cc(Br)ccc2O)N=C1SCC(=O)NCc1ccco1. The Hall–Kier alpha value is -2.52. The molecular formula is C18H16BrN3O4S. The fraction of sp³-hybridized carbons (Fsp3) is 0.167. The molecule has 1 aromatic carbocycles. The zero-order chi connectivity index (χ0) is 19.4. The maximum Gasteiger partial charge on any atom is 0.278 e. The Morgan fingerprint density at radius 3 is 3.00 bits per heavy atom. The van der Waals surface area contributed by atoms with Gasteiger partial charge in [0.25, 0.3) is 5.91 Å². The highest BCUT2D eigenvalue weighted by Gasteiger charge is 2.28. The van der Waals surface area contributed by atoms with E-state index < -0.39 is 0 Å². The molecule has 0 atom stereocenters. The van der Waals surface area contributed by atoms with Crippen LogP contribution in [0.25, 0.3) is 6.08 Å². The summed E-state index contributed by atoms with van der Waals surface area (Å²) in [6.45, 7) is 0.307. The Labute approximate surface area is 168 Å². The Balaban J connectivity index is 1.64. The fourth-order valence-electron chi connectivity index (χ4n) is 2.28. The molecule has 0 saturated heterocycles. The van der Waals surface area contributed by atoms with E-state index in [1.165, 1.54) is 17.0 Å². The van der Waals surface area contributed by atoms with Gasteiger partial charge in [-0.05, 0) is 36.4 Å². The van der Waals surface area contributed by atoms with Crippen molar-refractivity contribution in [3.05, 3.63) is 58.1 Å². The number of thioether (sulfide) groups is 1. The molecule has 0 saturated carbocycles. The third kappa shape index (κ3) is 4.81. The lowest BCUT2D eigenvalue weighted by Crippen LogP contribution is -2.29. The Morgan fingerprint density at radius 2 is 2.26 bits per heavy atom. The van der Waals surface area contributed by atoms with Crippen LogP contribution in [-0.2, 0) is 16.1 Å². The highest BCUT2D eigenvalue weighted by molar-refractivity contribution is 9.10. The largest absolute Gasteiger partial charge is 0.507 e. The monoisotopic (exact) mass is 449 g/mol. The number of halogens is 1. The van der Waals surface area contributed by atoms with E-state index in [4.69, 9.17) is 4.42 Å². The summed E-state index contributed by atoms with van der Waals surface area (Å²) in [7, 11) is 1.59. The number of carbonyl (C=O) groups excluding carboxylic acids is 2. The zero-order valence-corrected chi connectivity index (χ0v) is 16.7. The van der Waals surface area contributed by atoms with Gasteiger partial charge in [-0.25, -0.2) is 4.99 Å². The molecular weight excluding hydrogens is 434 g/mol. The van der Waals surface area contributed by atoms with Crippen molar-refractivity contribution in [1.82, 2.24) is 10.2 Å². The molecule has 0 aliphatic carbocycles. The van der Waals surface area contributed by atoms with Crippen LogP contribution in [0.1, 0.15) is 11.3 Å². The van der Waals surface area contributed by atoms with E-state index in [-0.39, 0.29) is 29.0 Å². The summed E-state index contributed by atoms with van der Waals surface area (Å²) in [5.41, 5.74) is 0.678. The average molecular weight is 450 g/mol. The lowest BCUT2D eigenvalue weighted by molar-refractivity contribution is -0.121. The summed E-state index contributed by atoms with van der Waals surface area (Å²) in [6, 6.07) is 8.45. The number of hydrogen-bond donors (Lipinski definition) is 2. The van der Waals surface area contributed by atoms with Crippen LogP contribution in [0.15, 0.2) is 56.2 Å². The summed E-state index contributed by atoms with van der Waals surface area (Å²) < 4.78 is 5.93. The number of likely N-dealkylation sites (N-methyl/N-ethyl adjacent to an activating group) is 1. The van der Waals surface area contributed by atoms with Crippen LogP contribution in [0.4, 0.5) is 0 Å². The van der Waals surface area contributed by atoms with E-state index in [0.29, 0.717) is 23.0 Å². The Kier molecular flexibility index (Phi) is 6.02. The van der Waals surface area contributed by atoms with Crippen molar-refractivity contribution in [2.75, 3.05) is 12.8 Å². The van der Waals surface area contributed by atoms with Crippen LogP contribution in [0.5, 0.6) is 5.75 Å². The van der Waals surface area contributed by atoms with Crippen LogP contribution in [-0.4, -0.2) is 39.8 Å². The first-order valence-electron chi connectivity index (χ1n) is 7.93. The minimum atomic E-state index is -0.298. The van der Waals surface area contributed by atoms with Crippen molar-refractivity contribution < 1.29 is 19.1 Å². The number of nitrogens with zero attached hydrogens (tertiary/aromatic N) is 2. The van der Waals surface area contributed by atoms with Gasteiger partial charge in [0.15, 0.2) is 5.17 Å². The van der Waals surface area contributed by atoms with Crippen LogP contribution >= 0.6 is 27.7 Å². The molecule has 0 bridgehead atoms. The van der Waals surface area contributed by atoms with Crippen molar-refractivity contribution in [1.29, 1.82) is 0 Å². The minimum absolute atomic E-state index is 0.0507. The third-order valence-corrected chi connectivity index (χ3v) is 5.20. The van der Waals surface area contributed by atoms with Crippen LogP contribution in [0, 0.1) is 0 Å². The zero-order valence-electron chi connectivity index (χ0n) is 14.3. The number of aromatic hydroxyl groups is 1. The van der Waals surface area contributed by atoms with E-state index in [0.717, 1.165) is 16.2 Å². The summed E-state index contributed by atoms with van der Waals surface area (Å²) in [5.74, 6) is 0.342. The van der Waals surface area contributed by atoms with E-state index in [1.54, 1.807) is 37.6 Å². The van der Waals surface area contributed by atoms with Gasteiger partial charge in [-0.1, -0.05) is 27.7 Å². The van der Waals surface area contributed by atoms with Gasteiger partial charge in [-0.2, -0.15) is 0 Å². The van der Waals surface area contributed by atoms with E-state index in [9.17, 15) is 14.7 Å². The number of amidine groups is 1. The second-order valence-electron chi connectivity index (χ2n) is 5.64. The second-order valence-corrected chi connectivity index (χ2v) is 7.49. The molecule has 1 aromatic heterocycles. The number of rotatable bonds is 5. The lowest BCUT2D eigenvalue weighted by Gasteiger charge is -2.10. The van der Waals surface area contributed by atoms with Gasteiger partial charge in [0, 0.05) is 17.1 Å². The first kappa shape index (κ1) is 19.2. The molecule has 1 aliphatic heterocycles. The fourth-order valence-corrected chi connectivity index (χ4v) is 3.46. The third-order valence-electron chi connectivity index (χ3n) is 3.68. The van der Waals surface area contributed by atoms with Crippen LogP contribution < -0.4 is 5.32 Å². The number of nitrogens with one attached hydrogen (secondary N) is 1. The number of amides is 2. The molecule has 0 spiro atoms. The number of phenolic OH excluding ortho intramolecular Hbond substituents is 1. The van der Waals surface area contributed by atoms with Crippen molar-refractivity contribution in [2.24, 2.45) is 4.99 Å². The minimum Gasteiger partial charge on any atom is -0.507 e. The van der Waals surface area contributed by atoms with Gasteiger partial charge >= 0.3 is 0 Å². The number of furan rings is 1. The summed E-state index contributed by atoms with van der Waals surface area (Å²) in [4.78, 5) is 30.0. The van der Waals surface area contributed by atoms with Gasteiger partial charge in [0.05, 0.1) is 18.6 Å². The molecule has 27 heavy (non-hydrogen) atoms. The molecule has 2 aromatic rings. The molecule has 3 rings (SSSR count). The molecule has 2 N–H and O–H groups in total. The Bertz CT molecular complexity index is 925. The molecule has 1 aliphatic rings. The number of hydrogen-bond acceptors (Lipinski definition) is 6. The van der Waals surface area contributed by atoms with E-state index in [1.807, 2.05) is 0 Å². The van der Waals surface area contributed by atoms with Gasteiger partial charge in [-0.3, -0.25) is 14.5 Å². The summed E-state index contributed by atoms with van der Waals surface area (Å²) >= 11 is 4.49. The molecule has 0 radical (unpaired) electrons. The highest BCUT2D eigenvalue weighted by Crippen LogP contribution is 2.27. The van der Waals surface area contributed by atoms with Crippen LogP contribution in [0.2, 0.25) is 0 Å². The second kappa shape index (κ2) is 8.45. The smallest absolute Gasteiger partial charge is 0.278 e. The Morgan fingerprint density at radius 1 is 1.44 bits per heavy atom. The number of carbonyl (C=O) groups is 2. The predicted molar refractivity (Wildman–Crippen MR) is 107 cm³/mol. The van der Waals surface area contributed by atoms with Crippen LogP contribution in [0.3, 0.4) is 0 Å². The number of benzene rings is 1. The average Bonchev–Trinajstić information content (AvgIpc) is 3.25. The number of phenols is 1. The molecule has 2 amide bonds. The molecule has 7 nitrogen and oxygen atoms in total. The summed E-state index contributed by atoms with van der Waals surface area (Å²) in [5, 5.41) is 13.1. The van der Waals surface area contributed by atoms with Gasteiger partial charge in [-0.15, -0.1) is 0 Å². The number of aliphatic imine (C=N–C) groups is 1. The van der Waals surface area contributed by atoms with E-state index >= 15 is 0 Å². The van der Waals surface area contributed by atoms with Gasteiger partial charge in [0.2, 0.25) is 5.91 Å². The molecule has 9 heteroatoms. The maximum absolute atomic E-state index is 12.4. The normalized spacial score (nSPS) is 15.3. The van der Waals surface area contributed by atoms with Gasteiger partial charge in [0.1, 0.15) is 17.2 Å². The standard InChI is InChI=1S/C18H16BrN3O4S/c1-22-17(25)14(8-11-7-12(19)4-5-15(11)23)21-18(22)27-10-16(24)20-9-13-3-2-6-26-13/h2-8,23H,9-10H2,1H3,(H,20,24)/b14-8-. The van der Waals surface area contributed by atoms with Crippen molar-refractivity contribution in [2.45, 2.75) is 6.54 Å². The highest BCUT2D eigenvalue weighted by atomic mass is 79.9. The first-order chi connectivity index (χ1) is 12.9. The lowest BCUT2D eigenvalue weighted by atomic mass is 10.1. The predicted octanol–water partition coefficient (Wildman–Crippen LogP) is 2.97. The van der Waals surface area contributed by atoms with E-state index in [2.05, 4.69) is 26.2 Å². The van der Waals surface area contributed by atoms with Gasteiger partial charge < -0.3 is 14.8 Å². The maximum atomic E-state index is 12.4. The van der Waals surface area contributed by atoms with Crippen molar-refractivity contribution in [3.8, 4) is 5.75 Å². The molecule has 0 fully saturated rings.